The third-order valence-electron chi connectivity index (χ3n) is 3.41. The van der Waals surface area contributed by atoms with Crippen molar-refractivity contribution in [1.29, 1.82) is 0 Å². The van der Waals surface area contributed by atoms with Crippen LogP contribution >= 0.6 is 11.8 Å². The lowest BCUT2D eigenvalue weighted by Gasteiger charge is -2.18. The summed E-state index contributed by atoms with van der Waals surface area (Å²) in [6.07, 6.45) is -0.483. The topological polar surface area (TPSA) is 113 Å². The number of carbonyl (C=O) groups is 2. The van der Waals surface area contributed by atoms with Crippen molar-refractivity contribution < 1.29 is 24.5 Å². The molecule has 0 aliphatic carbocycles. The highest BCUT2D eigenvalue weighted by molar-refractivity contribution is 8.13. The van der Waals surface area contributed by atoms with Gasteiger partial charge in [-0.3, -0.25) is 9.89 Å². The van der Waals surface area contributed by atoms with E-state index in [0.29, 0.717) is 22.2 Å². The van der Waals surface area contributed by atoms with Crippen molar-refractivity contribution in [3.8, 4) is 0 Å². The van der Waals surface area contributed by atoms with Crippen molar-refractivity contribution in [2.24, 2.45) is 0 Å². The number of rotatable bonds is 6. The molecule has 0 radical (unpaired) electrons. The summed E-state index contributed by atoms with van der Waals surface area (Å²) >= 11 is 1.09. The number of H-pyrrole nitrogens is 1. The summed E-state index contributed by atoms with van der Waals surface area (Å²) in [6.45, 7) is 1.45. The lowest BCUT2D eigenvalue weighted by Crippen LogP contribution is -2.19. The number of ether oxygens (including phenoxy) is 1. The first-order valence-electron chi connectivity index (χ1n) is 6.99. The Labute approximate surface area is 137 Å². The Morgan fingerprint density at radius 3 is 2.78 bits per heavy atom. The van der Waals surface area contributed by atoms with E-state index in [2.05, 4.69) is 10.2 Å². The van der Waals surface area contributed by atoms with E-state index in [0.717, 1.165) is 11.8 Å². The Hall–Kier alpha value is -1.90. The number of carbonyl (C=O) groups excluding carboxylic acids is 2. The van der Waals surface area contributed by atoms with Crippen molar-refractivity contribution in [2.75, 3.05) is 12.9 Å². The number of methoxy groups -OCH3 is 1. The van der Waals surface area contributed by atoms with E-state index in [1.807, 2.05) is 0 Å². The summed E-state index contributed by atoms with van der Waals surface area (Å²) in [5.74, 6) is -0.143. The molecule has 7 nitrogen and oxygen atoms in total. The summed E-state index contributed by atoms with van der Waals surface area (Å²) < 4.78 is 4.73. The number of aromatic amines is 1. The molecule has 0 saturated heterocycles. The molecule has 1 heterocycles. The predicted molar refractivity (Wildman–Crippen MR) is 86.2 cm³/mol. The van der Waals surface area contributed by atoms with Crippen LogP contribution < -0.4 is 0 Å². The summed E-state index contributed by atoms with van der Waals surface area (Å²) in [5, 5.41) is 27.5. The van der Waals surface area contributed by atoms with Crippen LogP contribution in [0.5, 0.6) is 0 Å². The molecular formula is C15H18N2O5S. The van der Waals surface area contributed by atoms with Crippen molar-refractivity contribution in [1.82, 2.24) is 10.2 Å². The minimum Gasteiger partial charge on any atom is -0.465 e. The largest absolute Gasteiger partial charge is 0.465 e. The summed E-state index contributed by atoms with van der Waals surface area (Å²) in [7, 11) is 1.27. The fraction of sp³-hybridized carbons (Fsp3) is 0.400. The van der Waals surface area contributed by atoms with Gasteiger partial charge in [-0.15, -0.1) is 0 Å². The van der Waals surface area contributed by atoms with E-state index in [9.17, 15) is 19.8 Å². The van der Waals surface area contributed by atoms with Gasteiger partial charge in [-0.25, -0.2) is 4.79 Å². The lowest BCUT2D eigenvalue weighted by atomic mass is 9.98. The van der Waals surface area contributed by atoms with Gasteiger partial charge < -0.3 is 14.9 Å². The monoisotopic (exact) mass is 338 g/mol. The third kappa shape index (κ3) is 4.10. The first-order chi connectivity index (χ1) is 10.9. The molecule has 1 aromatic heterocycles. The van der Waals surface area contributed by atoms with E-state index in [1.54, 1.807) is 6.07 Å². The van der Waals surface area contributed by atoms with Crippen LogP contribution in [0.25, 0.3) is 10.9 Å². The molecule has 0 saturated carbocycles. The summed E-state index contributed by atoms with van der Waals surface area (Å²) in [5.41, 5.74) is 1.20. The highest BCUT2D eigenvalue weighted by Crippen LogP contribution is 2.27. The molecule has 1 aromatic carbocycles. The second-order valence-electron chi connectivity index (χ2n) is 5.03. The molecule has 2 atom stereocenters. The first kappa shape index (κ1) is 17.5. The van der Waals surface area contributed by atoms with Gasteiger partial charge in [0.1, 0.15) is 6.10 Å². The molecule has 0 spiro atoms. The molecule has 0 amide bonds. The van der Waals surface area contributed by atoms with Gasteiger partial charge in [0, 0.05) is 18.1 Å². The van der Waals surface area contributed by atoms with E-state index in [1.165, 1.54) is 26.3 Å². The maximum absolute atomic E-state index is 11.9. The van der Waals surface area contributed by atoms with Crippen LogP contribution in [0.4, 0.5) is 0 Å². The third-order valence-corrected chi connectivity index (χ3v) is 4.26. The van der Waals surface area contributed by atoms with Crippen LogP contribution in [-0.2, 0) is 9.53 Å². The van der Waals surface area contributed by atoms with Gasteiger partial charge in [-0.2, -0.15) is 5.10 Å². The van der Waals surface area contributed by atoms with Gasteiger partial charge in [0.25, 0.3) is 0 Å². The zero-order valence-electron chi connectivity index (χ0n) is 12.8. The number of thioether (sulfide) groups is 1. The zero-order valence-corrected chi connectivity index (χ0v) is 13.6. The van der Waals surface area contributed by atoms with Crippen LogP contribution in [0.1, 0.15) is 35.4 Å². The Balaban J connectivity index is 2.24. The predicted octanol–water partition coefficient (Wildman–Crippen LogP) is 1.41. The number of aliphatic hydroxyl groups excluding tert-OH is 2. The van der Waals surface area contributed by atoms with Gasteiger partial charge in [0.05, 0.1) is 30.5 Å². The van der Waals surface area contributed by atoms with Crippen LogP contribution in [0.2, 0.25) is 0 Å². The van der Waals surface area contributed by atoms with Crippen molar-refractivity contribution in [3.05, 3.63) is 29.5 Å². The van der Waals surface area contributed by atoms with Crippen molar-refractivity contribution in [3.63, 3.8) is 0 Å². The van der Waals surface area contributed by atoms with Crippen LogP contribution in [0, 0.1) is 0 Å². The number of aliphatic hydroxyl groups is 2. The van der Waals surface area contributed by atoms with E-state index < -0.39 is 18.2 Å². The Kier molecular flexibility index (Phi) is 5.75. The van der Waals surface area contributed by atoms with Gasteiger partial charge in [-0.05, 0) is 24.1 Å². The normalized spacial score (nSPS) is 13.7. The highest BCUT2D eigenvalue weighted by atomic mass is 32.2. The van der Waals surface area contributed by atoms with Crippen LogP contribution in [0.3, 0.4) is 0 Å². The molecule has 0 aliphatic heterocycles. The number of hydrogen-bond donors (Lipinski definition) is 3. The van der Waals surface area contributed by atoms with E-state index >= 15 is 0 Å². The number of benzene rings is 1. The fourth-order valence-electron chi connectivity index (χ4n) is 2.23. The molecule has 2 unspecified atom stereocenters. The molecule has 2 rings (SSSR count). The molecule has 0 aliphatic rings. The second-order valence-corrected chi connectivity index (χ2v) is 6.30. The van der Waals surface area contributed by atoms with E-state index in [4.69, 9.17) is 4.74 Å². The standard InChI is InChI=1S/C15H18N2O5S/c1-8(18)23-4-3-13(19)14(20)9-5-10(15(21)22-2)11-7-16-17-12(11)6-9/h5-7,13-14,19-20H,3-4H2,1-2H3,(H,16,17). The van der Waals surface area contributed by atoms with Gasteiger partial charge in [-0.1, -0.05) is 11.8 Å². The number of nitrogens with one attached hydrogen (secondary N) is 1. The molecule has 2 aromatic rings. The number of hydrogen-bond acceptors (Lipinski definition) is 7. The fourth-order valence-corrected chi connectivity index (χ4v) is 2.87. The second kappa shape index (κ2) is 7.58. The highest BCUT2D eigenvalue weighted by Gasteiger charge is 2.22. The number of aromatic nitrogens is 2. The Bertz CT molecular complexity index is 715. The number of esters is 1. The molecule has 23 heavy (non-hydrogen) atoms. The average molecular weight is 338 g/mol. The summed E-state index contributed by atoms with van der Waals surface area (Å²) in [4.78, 5) is 22.8. The summed E-state index contributed by atoms with van der Waals surface area (Å²) in [6, 6.07) is 3.11. The Morgan fingerprint density at radius 1 is 1.39 bits per heavy atom. The molecular weight excluding hydrogens is 320 g/mol. The van der Waals surface area contributed by atoms with Gasteiger partial charge >= 0.3 is 5.97 Å². The zero-order chi connectivity index (χ0) is 17.0. The average Bonchev–Trinajstić information content (AvgIpc) is 3.00. The van der Waals surface area contributed by atoms with Crippen LogP contribution in [0.15, 0.2) is 18.3 Å². The molecule has 3 N–H and O–H groups in total. The number of nitrogens with zero attached hydrogens (tertiary/aromatic N) is 1. The molecule has 0 fully saturated rings. The maximum atomic E-state index is 11.9. The van der Waals surface area contributed by atoms with Crippen molar-refractivity contribution in [2.45, 2.75) is 25.6 Å². The first-order valence-corrected chi connectivity index (χ1v) is 7.97. The quantitative estimate of drug-likeness (QED) is 0.683. The van der Waals surface area contributed by atoms with Crippen LogP contribution in [-0.4, -0.2) is 50.5 Å². The molecule has 0 bridgehead atoms. The van der Waals surface area contributed by atoms with E-state index in [-0.39, 0.29) is 17.1 Å². The van der Waals surface area contributed by atoms with Crippen molar-refractivity contribution >= 4 is 33.7 Å². The minimum atomic E-state index is -1.18. The maximum Gasteiger partial charge on any atom is 0.338 e. The minimum absolute atomic E-state index is 0.0430. The molecule has 8 heteroatoms. The molecule has 124 valence electrons. The number of fused-ring (bicyclic) bond motifs is 1. The Morgan fingerprint density at radius 2 is 2.13 bits per heavy atom. The smallest absolute Gasteiger partial charge is 0.338 e. The SMILES string of the molecule is COC(=O)c1cc(C(O)C(O)CCSC(C)=O)cc2[nH]ncc12. The lowest BCUT2D eigenvalue weighted by molar-refractivity contribution is -0.109. The van der Waals surface area contributed by atoms with Gasteiger partial charge in [0.2, 0.25) is 0 Å². The van der Waals surface area contributed by atoms with Gasteiger partial charge in [0.15, 0.2) is 5.12 Å².